The molecule has 1 aromatic rings. The minimum atomic E-state index is -0.343. The fourth-order valence-electron chi connectivity index (χ4n) is 2.58. The van der Waals surface area contributed by atoms with Crippen molar-refractivity contribution < 1.29 is 4.39 Å². The summed E-state index contributed by atoms with van der Waals surface area (Å²) in [6.45, 7) is 4.80. The maximum Gasteiger partial charge on any atom is 0.126 e. The summed E-state index contributed by atoms with van der Waals surface area (Å²) in [5, 5.41) is 12.4. The highest BCUT2D eigenvalue weighted by Crippen LogP contribution is 2.20. The molecular weight excluding hydrogens is 241 g/mol. The fourth-order valence-corrected chi connectivity index (χ4v) is 2.58. The zero-order valence-electron chi connectivity index (χ0n) is 11.3. The number of benzene rings is 1. The van der Waals surface area contributed by atoms with Crippen molar-refractivity contribution in [3.05, 3.63) is 29.6 Å². The minimum absolute atomic E-state index is 0.343. The van der Waals surface area contributed by atoms with Crippen molar-refractivity contribution in [2.45, 2.75) is 32.2 Å². The summed E-state index contributed by atoms with van der Waals surface area (Å²) in [4.78, 5) is 2.13. The van der Waals surface area contributed by atoms with Crippen LogP contribution in [0, 0.1) is 17.1 Å². The predicted octanol–water partition coefficient (Wildman–Crippen LogP) is 2.67. The van der Waals surface area contributed by atoms with E-state index in [9.17, 15) is 4.39 Å². The number of hydrogen-bond acceptors (Lipinski definition) is 3. The maximum absolute atomic E-state index is 13.5. The number of rotatable bonds is 4. The third-order valence-electron chi connectivity index (χ3n) is 3.61. The van der Waals surface area contributed by atoms with Gasteiger partial charge in [0.15, 0.2) is 0 Å². The number of nitriles is 1. The second-order valence-electron chi connectivity index (χ2n) is 5.00. The summed E-state index contributed by atoms with van der Waals surface area (Å²) in [6, 6.07) is 7.01. The van der Waals surface area contributed by atoms with Gasteiger partial charge in [0.1, 0.15) is 5.82 Å². The molecule has 2 rings (SSSR count). The summed E-state index contributed by atoms with van der Waals surface area (Å²) in [6.07, 6.45) is 3.65. The van der Waals surface area contributed by atoms with Crippen LogP contribution in [0.25, 0.3) is 0 Å². The number of anilines is 1. The molecule has 19 heavy (non-hydrogen) atoms. The summed E-state index contributed by atoms with van der Waals surface area (Å²) < 4.78 is 13.5. The first-order valence-corrected chi connectivity index (χ1v) is 6.92. The van der Waals surface area contributed by atoms with E-state index in [2.05, 4.69) is 17.1 Å². The summed E-state index contributed by atoms with van der Waals surface area (Å²) in [7, 11) is 0. The van der Waals surface area contributed by atoms with Crippen LogP contribution in [0.2, 0.25) is 0 Å². The highest BCUT2D eigenvalue weighted by molar-refractivity contribution is 5.52. The van der Waals surface area contributed by atoms with Crippen molar-refractivity contribution >= 4 is 5.69 Å². The van der Waals surface area contributed by atoms with E-state index in [4.69, 9.17) is 5.26 Å². The molecule has 0 amide bonds. The number of halogens is 1. The monoisotopic (exact) mass is 261 g/mol. The van der Waals surface area contributed by atoms with Crippen LogP contribution in [0.3, 0.4) is 0 Å². The van der Waals surface area contributed by atoms with Crippen LogP contribution in [0.4, 0.5) is 10.1 Å². The number of likely N-dealkylation sites (N-methyl/N-ethyl adjacent to an activating group) is 1. The van der Waals surface area contributed by atoms with E-state index in [-0.39, 0.29) is 5.82 Å². The second-order valence-corrected chi connectivity index (χ2v) is 5.00. The van der Waals surface area contributed by atoms with Gasteiger partial charge >= 0.3 is 0 Å². The van der Waals surface area contributed by atoms with E-state index in [1.807, 2.05) is 6.07 Å². The Hall–Kier alpha value is -1.60. The Bertz CT molecular complexity index is 461. The van der Waals surface area contributed by atoms with Crippen molar-refractivity contribution in [3.63, 3.8) is 0 Å². The highest BCUT2D eigenvalue weighted by atomic mass is 19.1. The Labute approximate surface area is 114 Å². The van der Waals surface area contributed by atoms with E-state index >= 15 is 0 Å². The first kappa shape index (κ1) is 13.8. The van der Waals surface area contributed by atoms with Gasteiger partial charge in [0.2, 0.25) is 0 Å². The number of hydrogen-bond donors (Lipinski definition) is 1. The van der Waals surface area contributed by atoms with Gasteiger partial charge in [0, 0.05) is 24.8 Å². The average Bonchev–Trinajstić information content (AvgIpc) is 2.45. The molecule has 1 aromatic carbocycles. The summed E-state index contributed by atoms with van der Waals surface area (Å²) in [5.74, 6) is -0.343. The van der Waals surface area contributed by atoms with Gasteiger partial charge in [-0.15, -0.1) is 0 Å². The van der Waals surface area contributed by atoms with Gasteiger partial charge in [0.05, 0.1) is 11.6 Å². The molecule has 102 valence electrons. The van der Waals surface area contributed by atoms with Gasteiger partial charge in [-0.25, -0.2) is 4.39 Å². The second kappa shape index (κ2) is 6.53. The molecule has 0 spiro atoms. The lowest BCUT2D eigenvalue weighted by molar-refractivity contribution is 0.400. The van der Waals surface area contributed by atoms with Gasteiger partial charge < -0.3 is 10.2 Å². The molecule has 1 N–H and O–H groups in total. The summed E-state index contributed by atoms with van der Waals surface area (Å²) in [5.41, 5.74) is 1.18. The Morgan fingerprint density at radius 2 is 2.26 bits per heavy atom. The summed E-state index contributed by atoms with van der Waals surface area (Å²) >= 11 is 0. The third kappa shape index (κ3) is 3.68. The van der Waals surface area contributed by atoms with Gasteiger partial charge in [-0.2, -0.15) is 5.26 Å². The predicted molar refractivity (Wildman–Crippen MR) is 74.6 cm³/mol. The molecule has 0 bridgehead atoms. The van der Waals surface area contributed by atoms with Gasteiger partial charge in [-0.05, 0) is 44.5 Å². The van der Waals surface area contributed by atoms with E-state index in [1.165, 1.54) is 25.0 Å². The zero-order chi connectivity index (χ0) is 13.7. The third-order valence-corrected chi connectivity index (χ3v) is 3.61. The van der Waals surface area contributed by atoms with E-state index in [0.29, 0.717) is 11.6 Å². The van der Waals surface area contributed by atoms with Gasteiger partial charge in [-0.1, -0.05) is 6.42 Å². The zero-order valence-corrected chi connectivity index (χ0v) is 11.3. The van der Waals surface area contributed by atoms with Crippen molar-refractivity contribution in [3.8, 4) is 6.07 Å². The molecule has 1 heterocycles. The van der Waals surface area contributed by atoms with Crippen molar-refractivity contribution in [2.75, 3.05) is 24.5 Å². The lowest BCUT2D eigenvalue weighted by Crippen LogP contribution is -2.43. The molecule has 0 aliphatic carbocycles. The normalized spacial score (nSPS) is 18.9. The Morgan fingerprint density at radius 3 is 2.89 bits per heavy atom. The molecule has 4 heteroatoms. The maximum atomic E-state index is 13.5. The van der Waals surface area contributed by atoms with Gasteiger partial charge in [0.25, 0.3) is 0 Å². The van der Waals surface area contributed by atoms with Crippen LogP contribution in [0.5, 0.6) is 0 Å². The fraction of sp³-hybridized carbons (Fsp3) is 0.533. The molecule has 1 unspecified atom stereocenters. The van der Waals surface area contributed by atoms with Crippen molar-refractivity contribution in [1.82, 2.24) is 5.32 Å². The molecule has 0 aromatic heterocycles. The lowest BCUT2D eigenvalue weighted by atomic mass is 10.0. The largest absolute Gasteiger partial charge is 0.370 e. The molecule has 3 nitrogen and oxygen atoms in total. The standard InChI is InChI=1S/C15H20FN3/c1-2-19(11-14-5-3-4-6-18-14)15-8-12(10-17)7-13(16)9-15/h7-9,14,18H,2-6,11H2,1H3. The smallest absolute Gasteiger partial charge is 0.126 e. The van der Waals surface area contributed by atoms with Crippen LogP contribution in [0.15, 0.2) is 18.2 Å². The van der Waals surface area contributed by atoms with Crippen LogP contribution in [-0.4, -0.2) is 25.7 Å². The molecule has 1 aliphatic rings. The van der Waals surface area contributed by atoms with Crippen LogP contribution < -0.4 is 10.2 Å². The first-order chi connectivity index (χ1) is 9.22. The average molecular weight is 261 g/mol. The van der Waals surface area contributed by atoms with Crippen LogP contribution in [-0.2, 0) is 0 Å². The number of nitrogens with zero attached hydrogens (tertiary/aromatic N) is 2. The molecular formula is C15H20FN3. The SMILES string of the molecule is CCN(CC1CCCCN1)c1cc(F)cc(C#N)c1. The Balaban J connectivity index is 2.12. The molecule has 1 aliphatic heterocycles. The molecule has 1 fully saturated rings. The van der Waals surface area contributed by atoms with E-state index < -0.39 is 0 Å². The van der Waals surface area contributed by atoms with Gasteiger partial charge in [-0.3, -0.25) is 0 Å². The van der Waals surface area contributed by atoms with E-state index in [1.54, 1.807) is 6.07 Å². The molecule has 0 radical (unpaired) electrons. The topological polar surface area (TPSA) is 39.1 Å². The quantitative estimate of drug-likeness (QED) is 0.905. The lowest BCUT2D eigenvalue weighted by Gasteiger charge is -2.31. The molecule has 0 saturated carbocycles. The van der Waals surface area contributed by atoms with Crippen molar-refractivity contribution in [2.24, 2.45) is 0 Å². The van der Waals surface area contributed by atoms with Crippen molar-refractivity contribution in [1.29, 1.82) is 5.26 Å². The number of nitrogens with one attached hydrogen (secondary N) is 1. The highest BCUT2D eigenvalue weighted by Gasteiger charge is 2.16. The Morgan fingerprint density at radius 1 is 1.42 bits per heavy atom. The van der Waals surface area contributed by atoms with Crippen LogP contribution >= 0.6 is 0 Å². The van der Waals surface area contributed by atoms with E-state index in [0.717, 1.165) is 31.7 Å². The van der Waals surface area contributed by atoms with Crippen LogP contribution in [0.1, 0.15) is 31.7 Å². The Kier molecular flexibility index (Phi) is 4.75. The number of piperidine rings is 1. The molecule has 1 atom stereocenters. The molecule has 1 saturated heterocycles. The minimum Gasteiger partial charge on any atom is -0.370 e. The first-order valence-electron chi connectivity index (χ1n) is 6.92.